The number of hydrogen-bond donors (Lipinski definition) is 1. The van der Waals surface area contributed by atoms with Crippen molar-refractivity contribution in [1.29, 1.82) is 0 Å². The van der Waals surface area contributed by atoms with Gasteiger partial charge < -0.3 is 9.88 Å². The van der Waals surface area contributed by atoms with E-state index in [1.54, 1.807) is 0 Å². The quantitative estimate of drug-likeness (QED) is 0.885. The SMILES string of the molecule is CC1CCC(n2cncc2C2CCNCC2)CC1C. The fourth-order valence-corrected chi connectivity index (χ4v) is 3.83. The summed E-state index contributed by atoms with van der Waals surface area (Å²) >= 11 is 0. The van der Waals surface area contributed by atoms with Crippen molar-refractivity contribution in [1.82, 2.24) is 14.9 Å². The number of aromatic nitrogens is 2. The lowest BCUT2D eigenvalue weighted by molar-refractivity contribution is 0.206. The summed E-state index contributed by atoms with van der Waals surface area (Å²) < 4.78 is 2.51. The van der Waals surface area contributed by atoms with E-state index < -0.39 is 0 Å². The smallest absolute Gasteiger partial charge is 0.0950 e. The molecule has 0 spiro atoms. The second kappa shape index (κ2) is 5.66. The van der Waals surface area contributed by atoms with E-state index in [2.05, 4.69) is 41.2 Å². The van der Waals surface area contributed by atoms with E-state index in [1.165, 1.54) is 37.8 Å². The fourth-order valence-electron chi connectivity index (χ4n) is 3.83. The van der Waals surface area contributed by atoms with Gasteiger partial charge in [-0.3, -0.25) is 0 Å². The van der Waals surface area contributed by atoms with Gasteiger partial charge in [-0.25, -0.2) is 4.98 Å². The molecule has 19 heavy (non-hydrogen) atoms. The van der Waals surface area contributed by atoms with Gasteiger partial charge >= 0.3 is 0 Å². The van der Waals surface area contributed by atoms with E-state index in [9.17, 15) is 0 Å². The molecule has 1 aromatic heterocycles. The second-order valence-corrected chi connectivity index (χ2v) is 6.67. The van der Waals surface area contributed by atoms with Crippen LogP contribution in [-0.4, -0.2) is 22.6 Å². The molecule has 3 unspecified atom stereocenters. The number of hydrogen-bond acceptors (Lipinski definition) is 2. The van der Waals surface area contributed by atoms with Crippen LogP contribution in [0.3, 0.4) is 0 Å². The van der Waals surface area contributed by atoms with Crippen molar-refractivity contribution in [2.75, 3.05) is 13.1 Å². The average Bonchev–Trinajstić information content (AvgIpc) is 2.92. The van der Waals surface area contributed by atoms with Crippen LogP contribution in [0.25, 0.3) is 0 Å². The maximum absolute atomic E-state index is 4.46. The zero-order chi connectivity index (χ0) is 13.2. The third-order valence-electron chi connectivity index (χ3n) is 5.42. The monoisotopic (exact) mass is 261 g/mol. The Kier molecular flexibility index (Phi) is 3.92. The topological polar surface area (TPSA) is 29.9 Å². The number of piperidine rings is 1. The Morgan fingerprint density at radius 3 is 2.63 bits per heavy atom. The molecule has 1 saturated carbocycles. The molecule has 2 aliphatic rings. The number of nitrogens with zero attached hydrogens (tertiary/aromatic N) is 2. The van der Waals surface area contributed by atoms with Crippen LogP contribution in [0, 0.1) is 11.8 Å². The first-order valence-electron chi connectivity index (χ1n) is 7.98. The van der Waals surface area contributed by atoms with Crippen LogP contribution < -0.4 is 5.32 Å². The highest BCUT2D eigenvalue weighted by Gasteiger charge is 2.28. The van der Waals surface area contributed by atoms with E-state index in [0.717, 1.165) is 30.8 Å². The highest BCUT2D eigenvalue weighted by molar-refractivity contribution is 5.09. The highest BCUT2D eigenvalue weighted by atomic mass is 15.1. The van der Waals surface area contributed by atoms with Gasteiger partial charge in [0.1, 0.15) is 0 Å². The molecule has 106 valence electrons. The van der Waals surface area contributed by atoms with Crippen LogP contribution in [-0.2, 0) is 0 Å². The maximum atomic E-state index is 4.46. The molecular formula is C16H27N3. The molecule has 1 aliphatic carbocycles. The molecule has 1 N–H and O–H groups in total. The Labute approximate surface area is 116 Å². The molecular weight excluding hydrogens is 234 g/mol. The van der Waals surface area contributed by atoms with E-state index in [-0.39, 0.29) is 0 Å². The Hall–Kier alpha value is -0.830. The van der Waals surface area contributed by atoms with Crippen LogP contribution in [0.15, 0.2) is 12.5 Å². The lowest BCUT2D eigenvalue weighted by atomic mass is 9.79. The first-order chi connectivity index (χ1) is 9.25. The third kappa shape index (κ3) is 2.71. The Morgan fingerprint density at radius 1 is 1.11 bits per heavy atom. The van der Waals surface area contributed by atoms with Crippen molar-refractivity contribution in [2.24, 2.45) is 11.8 Å². The van der Waals surface area contributed by atoms with Gasteiger partial charge in [0.05, 0.1) is 6.33 Å². The fraction of sp³-hybridized carbons (Fsp3) is 0.812. The summed E-state index contributed by atoms with van der Waals surface area (Å²) in [7, 11) is 0. The van der Waals surface area contributed by atoms with Gasteiger partial charge in [-0.15, -0.1) is 0 Å². The average molecular weight is 261 g/mol. The molecule has 0 aromatic carbocycles. The molecule has 2 fully saturated rings. The molecule has 3 heteroatoms. The molecule has 0 radical (unpaired) electrons. The van der Waals surface area contributed by atoms with Gasteiger partial charge in [-0.05, 0) is 57.0 Å². The molecule has 1 aliphatic heterocycles. The Bertz CT molecular complexity index is 406. The van der Waals surface area contributed by atoms with Crippen molar-refractivity contribution >= 4 is 0 Å². The molecule has 3 rings (SSSR count). The van der Waals surface area contributed by atoms with Crippen LogP contribution in [0.1, 0.15) is 63.6 Å². The standard InChI is InChI=1S/C16H27N3/c1-12-3-4-15(9-13(12)2)19-11-18-10-16(19)14-5-7-17-8-6-14/h10-15,17H,3-9H2,1-2H3. The minimum Gasteiger partial charge on any atom is -0.331 e. The van der Waals surface area contributed by atoms with Gasteiger partial charge in [-0.2, -0.15) is 0 Å². The van der Waals surface area contributed by atoms with Crippen LogP contribution >= 0.6 is 0 Å². The zero-order valence-corrected chi connectivity index (χ0v) is 12.3. The van der Waals surface area contributed by atoms with Crippen molar-refractivity contribution in [3.8, 4) is 0 Å². The first kappa shape index (κ1) is 13.2. The van der Waals surface area contributed by atoms with Gasteiger partial charge in [0.25, 0.3) is 0 Å². The summed E-state index contributed by atoms with van der Waals surface area (Å²) in [5.41, 5.74) is 1.49. The van der Waals surface area contributed by atoms with Crippen molar-refractivity contribution in [3.05, 3.63) is 18.2 Å². The summed E-state index contributed by atoms with van der Waals surface area (Å²) in [6, 6.07) is 0.693. The van der Waals surface area contributed by atoms with Crippen molar-refractivity contribution < 1.29 is 0 Å². The molecule has 1 aromatic rings. The zero-order valence-electron chi connectivity index (χ0n) is 12.3. The van der Waals surface area contributed by atoms with Crippen LogP contribution in [0.4, 0.5) is 0 Å². The molecule has 2 heterocycles. The number of rotatable bonds is 2. The summed E-state index contributed by atoms with van der Waals surface area (Å²) in [6.07, 6.45) is 10.8. The number of imidazole rings is 1. The van der Waals surface area contributed by atoms with Crippen molar-refractivity contribution in [3.63, 3.8) is 0 Å². The summed E-state index contributed by atoms with van der Waals surface area (Å²) in [5, 5.41) is 3.46. The van der Waals surface area contributed by atoms with Crippen LogP contribution in [0.2, 0.25) is 0 Å². The van der Waals surface area contributed by atoms with Gasteiger partial charge in [0, 0.05) is 23.9 Å². The molecule has 3 nitrogen and oxygen atoms in total. The number of nitrogens with one attached hydrogen (secondary N) is 1. The maximum Gasteiger partial charge on any atom is 0.0950 e. The van der Waals surface area contributed by atoms with Crippen molar-refractivity contribution in [2.45, 2.75) is 57.9 Å². The largest absolute Gasteiger partial charge is 0.331 e. The van der Waals surface area contributed by atoms with Crippen LogP contribution in [0.5, 0.6) is 0 Å². The van der Waals surface area contributed by atoms with E-state index >= 15 is 0 Å². The third-order valence-corrected chi connectivity index (χ3v) is 5.42. The summed E-state index contributed by atoms with van der Waals surface area (Å²) in [6.45, 7) is 7.14. The van der Waals surface area contributed by atoms with E-state index in [0.29, 0.717) is 6.04 Å². The predicted octanol–water partition coefficient (Wildman–Crippen LogP) is 3.35. The molecule has 3 atom stereocenters. The molecule has 1 saturated heterocycles. The van der Waals surface area contributed by atoms with E-state index in [1.807, 2.05) is 0 Å². The normalized spacial score (nSPS) is 33.5. The lowest BCUT2D eigenvalue weighted by Gasteiger charge is -2.35. The minimum absolute atomic E-state index is 0.693. The van der Waals surface area contributed by atoms with Gasteiger partial charge in [0.2, 0.25) is 0 Å². The summed E-state index contributed by atoms with van der Waals surface area (Å²) in [4.78, 5) is 4.46. The van der Waals surface area contributed by atoms with Gasteiger partial charge in [-0.1, -0.05) is 13.8 Å². The minimum atomic E-state index is 0.693. The Balaban J connectivity index is 1.76. The molecule has 0 bridgehead atoms. The second-order valence-electron chi connectivity index (χ2n) is 6.67. The summed E-state index contributed by atoms with van der Waals surface area (Å²) in [5.74, 6) is 2.46. The first-order valence-corrected chi connectivity index (χ1v) is 7.98. The highest BCUT2D eigenvalue weighted by Crippen LogP contribution is 2.38. The molecule has 0 amide bonds. The Morgan fingerprint density at radius 2 is 1.89 bits per heavy atom. The van der Waals surface area contributed by atoms with E-state index in [4.69, 9.17) is 0 Å². The van der Waals surface area contributed by atoms with Gasteiger partial charge in [0.15, 0.2) is 0 Å². The lowest BCUT2D eigenvalue weighted by Crippen LogP contribution is -2.29. The predicted molar refractivity (Wildman–Crippen MR) is 78.3 cm³/mol.